The fourth-order valence-electron chi connectivity index (χ4n) is 2.05. The lowest BCUT2D eigenvalue weighted by molar-refractivity contribution is 0.253. The third kappa shape index (κ3) is 2.59. The van der Waals surface area contributed by atoms with Crippen LogP contribution in [0.4, 0.5) is 10.1 Å². The molecular weight excluding hydrogens is 229 g/mol. The molecule has 0 amide bonds. The molecule has 1 aliphatic rings. The van der Waals surface area contributed by atoms with Crippen LogP contribution in [0, 0.1) is 11.7 Å². The third-order valence-corrected chi connectivity index (χ3v) is 3.29. The van der Waals surface area contributed by atoms with Gasteiger partial charge in [-0.3, -0.25) is 0 Å². The Morgan fingerprint density at radius 1 is 1.38 bits per heavy atom. The van der Waals surface area contributed by atoms with Crippen LogP contribution >= 0.6 is 11.6 Å². The lowest BCUT2D eigenvalue weighted by atomic mass is 10.1. The van der Waals surface area contributed by atoms with E-state index in [-0.39, 0.29) is 5.02 Å². The van der Waals surface area contributed by atoms with E-state index in [4.69, 9.17) is 22.1 Å². The maximum atomic E-state index is 13.0. The van der Waals surface area contributed by atoms with Crippen molar-refractivity contribution in [3.8, 4) is 5.75 Å². The van der Waals surface area contributed by atoms with Crippen molar-refractivity contribution in [1.29, 1.82) is 0 Å². The number of benzene rings is 1. The first kappa shape index (κ1) is 11.5. The summed E-state index contributed by atoms with van der Waals surface area (Å²) in [5.41, 5.74) is 5.96. The summed E-state index contributed by atoms with van der Waals surface area (Å²) >= 11 is 5.67. The molecule has 0 saturated heterocycles. The summed E-state index contributed by atoms with van der Waals surface area (Å²) in [7, 11) is 0. The van der Waals surface area contributed by atoms with Crippen LogP contribution in [0.25, 0.3) is 0 Å². The van der Waals surface area contributed by atoms with Crippen LogP contribution in [0.3, 0.4) is 0 Å². The molecule has 2 nitrogen and oxygen atoms in total. The highest BCUT2D eigenvalue weighted by molar-refractivity contribution is 6.31. The molecule has 88 valence electrons. The van der Waals surface area contributed by atoms with Crippen molar-refractivity contribution < 1.29 is 9.13 Å². The van der Waals surface area contributed by atoms with E-state index in [0.717, 1.165) is 0 Å². The van der Waals surface area contributed by atoms with Gasteiger partial charge in [-0.25, -0.2) is 4.39 Å². The molecule has 2 rings (SSSR count). The van der Waals surface area contributed by atoms with E-state index in [1.165, 1.54) is 37.8 Å². The predicted molar refractivity (Wildman–Crippen MR) is 63.3 cm³/mol. The van der Waals surface area contributed by atoms with E-state index in [9.17, 15) is 4.39 Å². The van der Waals surface area contributed by atoms with Crippen LogP contribution in [-0.2, 0) is 0 Å². The summed E-state index contributed by atoms with van der Waals surface area (Å²) in [5.74, 6) is 0.578. The Balaban J connectivity index is 2.00. The fourth-order valence-corrected chi connectivity index (χ4v) is 2.21. The van der Waals surface area contributed by atoms with E-state index in [0.29, 0.717) is 24.0 Å². The Hall–Kier alpha value is -0.960. The predicted octanol–water partition coefficient (Wildman–Crippen LogP) is 3.63. The van der Waals surface area contributed by atoms with Crippen molar-refractivity contribution >= 4 is 17.3 Å². The Kier molecular flexibility index (Phi) is 3.54. The van der Waals surface area contributed by atoms with Crippen LogP contribution in [0.15, 0.2) is 12.1 Å². The average Bonchev–Trinajstić information content (AvgIpc) is 2.74. The van der Waals surface area contributed by atoms with Gasteiger partial charge in [0.05, 0.1) is 17.3 Å². The largest absolute Gasteiger partial charge is 0.491 e. The first-order valence-corrected chi connectivity index (χ1v) is 5.92. The molecule has 0 aliphatic heterocycles. The quantitative estimate of drug-likeness (QED) is 0.823. The van der Waals surface area contributed by atoms with E-state index in [1.807, 2.05) is 0 Å². The first-order chi connectivity index (χ1) is 7.66. The van der Waals surface area contributed by atoms with Crippen LogP contribution in [-0.4, -0.2) is 6.61 Å². The van der Waals surface area contributed by atoms with Crippen molar-refractivity contribution in [3.63, 3.8) is 0 Å². The van der Waals surface area contributed by atoms with Crippen molar-refractivity contribution in [2.45, 2.75) is 25.7 Å². The molecule has 0 bridgehead atoms. The summed E-state index contributed by atoms with van der Waals surface area (Å²) < 4.78 is 18.6. The first-order valence-electron chi connectivity index (χ1n) is 5.54. The number of hydrogen-bond donors (Lipinski definition) is 1. The number of anilines is 1. The number of hydrogen-bond acceptors (Lipinski definition) is 2. The van der Waals surface area contributed by atoms with E-state index in [1.54, 1.807) is 0 Å². The van der Waals surface area contributed by atoms with Crippen LogP contribution in [0.1, 0.15) is 25.7 Å². The second-order valence-corrected chi connectivity index (χ2v) is 4.67. The smallest absolute Gasteiger partial charge is 0.144 e. The highest BCUT2D eigenvalue weighted by Gasteiger charge is 2.16. The monoisotopic (exact) mass is 243 g/mol. The Bertz CT molecular complexity index is 378. The van der Waals surface area contributed by atoms with Crippen LogP contribution in [0.2, 0.25) is 5.02 Å². The van der Waals surface area contributed by atoms with E-state index >= 15 is 0 Å². The molecule has 4 heteroatoms. The molecular formula is C12H15ClFNO. The highest BCUT2D eigenvalue weighted by Crippen LogP contribution is 2.30. The molecule has 16 heavy (non-hydrogen) atoms. The molecule has 1 saturated carbocycles. The molecule has 0 unspecified atom stereocenters. The minimum atomic E-state index is -0.507. The fraction of sp³-hybridized carbons (Fsp3) is 0.500. The summed E-state index contributed by atoms with van der Waals surface area (Å²) in [4.78, 5) is 0. The van der Waals surface area contributed by atoms with Gasteiger partial charge in [-0.15, -0.1) is 0 Å². The molecule has 2 N–H and O–H groups in total. The lowest BCUT2D eigenvalue weighted by Crippen LogP contribution is -2.09. The van der Waals surface area contributed by atoms with E-state index < -0.39 is 5.82 Å². The number of nitrogen functional groups attached to an aromatic ring is 1. The number of nitrogens with two attached hydrogens (primary N) is 1. The topological polar surface area (TPSA) is 35.2 Å². The summed E-state index contributed by atoms with van der Waals surface area (Å²) in [6.45, 7) is 0.645. The van der Waals surface area contributed by atoms with E-state index in [2.05, 4.69) is 0 Å². The van der Waals surface area contributed by atoms with Crippen molar-refractivity contribution in [2.75, 3.05) is 12.3 Å². The van der Waals surface area contributed by atoms with Crippen LogP contribution < -0.4 is 10.5 Å². The lowest BCUT2D eigenvalue weighted by Gasteiger charge is -2.13. The second kappa shape index (κ2) is 4.91. The van der Waals surface area contributed by atoms with Gasteiger partial charge in [-0.2, -0.15) is 0 Å². The summed E-state index contributed by atoms with van der Waals surface area (Å²) in [6, 6.07) is 2.65. The number of rotatable bonds is 3. The summed E-state index contributed by atoms with van der Waals surface area (Å²) in [6.07, 6.45) is 4.95. The maximum Gasteiger partial charge on any atom is 0.144 e. The van der Waals surface area contributed by atoms with Crippen LogP contribution in [0.5, 0.6) is 5.75 Å². The molecule has 0 radical (unpaired) electrons. The molecule has 0 aromatic heterocycles. The van der Waals surface area contributed by atoms with Crippen molar-refractivity contribution in [2.24, 2.45) is 5.92 Å². The van der Waals surface area contributed by atoms with Crippen molar-refractivity contribution in [1.82, 2.24) is 0 Å². The maximum absolute atomic E-state index is 13.0. The molecule has 1 aromatic rings. The Morgan fingerprint density at radius 2 is 2.06 bits per heavy atom. The minimum Gasteiger partial charge on any atom is -0.491 e. The zero-order valence-corrected chi connectivity index (χ0v) is 9.77. The van der Waals surface area contributed by atoms with Gasteiger partial charge in [0.15, 0.2) is 0 Å². The molecule has 0 heterocycles. The van der Waals surface area contributed by atoms with Gasteiger partial charge < -0.3 is 10.5 Å². The average molecular weight is 244 g/mol. The third-order valence-electron chi connectivity index (χ3n) is 3.00. The SMILES string of the molecule is Nc1cc(F)c(Cl)cc1OCC1CCCC1. The van der Waals surface area contributed by atoms with Gasteiger partial charge in [-0.1, -0.05) is 24.4 Å². The van der Waals surface area contributed by atoms with Gasteiger partial charge >= 0.3 is 0 Å². The summed E-state index contributed by atoms with van der Waals surface area (Å²) in [5, 5.41) is 0.0515. The molecule has 0 spiro atoms. The normalized spacial score (nSPS) is 16.6. The molecule has 1 aromatic carbocycles. The Labute approximate surface area is 99.5 Å². The number of halogens is 2. The Morgan fingerprint density at radius 3 is 2.75 bits per heavy atom. The van der Waals surface area contributed by atoms with Gasteiger partial charge in [0.2, 0.25) is 0 Å². The minimum absolute atomic E-state index is 0.0515. The molecule has 1 aliphatic carbocycles. The van der Waals surface area contributed by atoms with Crippen molar-refractivity contribution in [3.05, 3.63) is 23.0 Å². The van der Waals surface area contributed by atoms with Gasteiger partial charge in [-0.05, 0) is 18.8 Å². The standard InChI is InChI=1S/C12H15ClFNO/c13-9-5-12(11(15)6-10(9)14)16-7-8-3-1-2-4-8/h5-6,8H,1-4,7,15H2. The molecule has 0 atom stereocenters. The zero-order valence-electron chi connectivity index (χ0n) is 9.01. The number of ether oxygens (including phenoxy) is 1. The van der Waals surface area contributed by atoms with Gasteiger partial charge in [0.1, 0.15) is 11.6 Å². The second-order valence-electron chi connectivity index (χ2n) is 4.27. The van der Waals surface area contributed by atoms with Gasteiger partial charge in [0.25, 0.3) is 0 Å². The zero-order chi connectivity index (χ0) is 11.5. The molecule has 1 fully saturated rings. The van der Waals surface area contributed by atoms with Gasteiger partial charge in [0, 0.05) is 12.1 Å². The highest BCUT2D eigenvalue weighted by atomic mass is 35.5.